The predicted octanol–water partition coefficient (Wildman–Crippen LogP) is 10.9. The van der Waals surface area contributed by atoms with E-state index in [-0.39, 0.29) is 11.5 Å². The zero-order chi connectivity index (χ0) is 28.7. The maximum absolute atomic E-state index is 10.8. The lowest BCUT2D eigenvalue weighted by molar-refractivity contribution is 0.411. The van der Waals surface area contributed by atoms with Crippen molar-refractivity contribution >= 4 is 54.3 Å². The fourth-order valence-electron chi connectivity index (χ4n) is 6.89. The maximum atomic E-state index is 10.8. The van der Waals surface area contributed by atoms with Gasteiger partial charge in [0, 0.05) is 27.1 Å². The first-order valence-corrected chi connectivity index (χ1v) is 14.4. The minimum atomic E-state index is -0.0673. The van der Waals surface area contributed by atoms with E-state index in [9.17, 15) is 10.2 Å². The normalized spacial score (nSPS) is 11.9. The van der Waals surface area contributed by atoms with Gasteiger partial charge >= 0.3 is 0 Å². The van der Waals surface area contributed by atoms with Crippen LogP contribution in [0.15, 0.2) is 138 Å². The van der Waals surface area contributed by atoms with Crippen LogP contribution in [0.4, 0.5) is 0 Å². The molecule has 0 saturated carbocycles. The van der Waals surface area contributed by atoms with Crippen molar-refractivity contribution in [1.82, 2.24) is 0 Å². The molecule has 3 heteroatoms. The van der Waals surface area contributed by atoms with Gasteiger partial charge in [-0.25, -0.2) is 0 Å². The average molecular weight is 553 g/mol. The third kappa shape index (κ3) is 3.36. The van der Waals surface area contributed by atoms with E-state index in [0.29, 0.717) is 10.8 Å². The van der Waals surface area contributed by atoms with Crippen LogP contribution in [0.2, 0.25) is 0 Å². The van der Waals surface area contributed by atoms with Crippen LogP contribution < -0.4 is 0 Å². The van der Waals surface area contributed by atoms with Gasteiger partial charge in [-0.05, 0) is 67.6 Å². The van der Waals surface area contributed by atoms with Crippen LogP contribution in [0.1, 0.15) is 0 Å². The van der Waals surface area contributed by atoms with Gasteiger partial charge in [-0.2, -0.15) is 0 Å². The fraction of sp³-hybridized carbons (Fsp3) is 0. The molecule has 9 aromatic carbocycles. The molecule has 0 unspecified atom stereocenters. The van der Waals surface area contributed by atoms with Gasteiger partial charge in [0.25, 0.3) is 0 Å². The van der Waals surface area contributed by atoms with Gasteiger partial charge in [0.05, 0.1) is 0 Å². The molecule has 1 aromatic heterocycles. The number of hydrogen-bond acceptors (Lipinski definition) is 3. The van der Waals surface area contributed by atoms with E-state index in [1.165, 1.54) is 5.56 Å². The molecule has 43 heavy (non-hydrogen) atoms. The van der Waals surface area contributed by atoms with Crippen molar-refractivity contribution in [3.05, 3.63) is 133 Å². The van der Waals surface area contributed by atoms with Gasteiger partial charge in [-0.3, -0.25) is 0 Å². The molecule has 0 radical (unpaired) electrons. The average Bonchev–Trinajstić information content (AvgIpc) is 3.45. The molecule has 0 aliphatic rings. The summed E-state index contributed by atoms with van der Waals surface area (Å²) in [6.45, 7) is 0. The lowest BCUT2D eigenvalue weighted by Crippen LogP contribution is -1.92. The topological polar surface area (TPSA) is 53.6 Å². The van der Waals surface area contributed by atoms with Crippen molar-refractivity contribution in [2.24, 2.45) is 0 Å². The highest BCUT2D eigenvalue weighted by Crippen LogP contribution is 2.49. The predicted molar refractivity (Wildman–Crippen MR) is 177 cm³/mol. The molecule has 2 bridgehead atoms. The van der Waals surface area contributed by atoms with E-state index in [0.717, 1.165) is 71.3 Å². The molecular weight excluding hydrogens is 528 g/mol. The molecular formula is C40H24O3. The number of para-hydroxylation sites is 2. The summed E-state index contributed by atoms with van der Waals surface area (Å²) >= 11 is 0. The van der Waals surface area contributed by atoms with E-state index in [1.807, 2.05) is 36.4 Å². The number of fused-ring (bicyclic) bond motifs is 8. The third-order valence-corrected chi connectivity index (χ3v) is 8.86. The molecule has 10 aromatic rings. The van der Waals surface area contributed by atoms with Crippen molar-refractivity contribution in [3.8, 4) is 44.9 Å². The Bertz CT molecular complexity index is 2460. The molecule has 202 valence electrons. The van der Waals surface area contributed by atoms with Crippen LogP contribution in [0, 0.1) is 0 Å². The van der Waals surface area contributed by atoms with Crippen molar-refractivity contribution in [2.45, 2.75) is 0 Å². The van der Waals surface area contributed by atoms with Crippen LogP contribution in [-0.4, -0.2) is 10.2 Å². The van der Waals surface area contributed by atoms with Gasteiger partial charge < -0.3 is 14.6 Å². The summed E-state index contributed by atoms with van der Waals surface area (Å²) in [5, 5.41) is 29.2. The second kappa shape index (κ2) is 8.85. The quantitative estimate of drug-likeness (QED) is 0.169. The number of phenolic OH excluding ortho intramolecular Hbond substituents is 2. The first-order chi connectivity index (χ1) is 21.2. The van der Waals surface area contributed by atoms with E-state index >= 15 is 0 Å². The van der Waals surface area contributed by atoms with Gasteiger partial charge in [-0.1, -0.05) is 115 Å². The second-order valence-corrected chi connectivity index (χ2v) is 11.2. The monoisotopic (exact) mass is 552 g/mol. The number of hydrogen-bond donors (Lipinski definition) is 2. The molecule has 0 atom stereocenters. The van der Waals surface area contributed by atoms with Gasteiger partial charge in [0.1, 0.15) is 11.2 Å². The molecule has 0 saturated heterocycles. The number of furan rings is 1. The van der Waals surface area contributed by atoms with Crippen LogP contribution in [0.25, 0.3) is 87.6 Å². The Morgan fingerprint density at radius 1 is 0.395 bits per heavy atom. The SMILES string of the molecule is Oc1c(O)c2ccc1cc2-c1c2ccccc2c(-c2ccc(-c3cccc4c3oc3ccccc34)cc2)c2ccccc12. The van der Waals surface area contributed by atoms with Gasteiger partial charge in [-0.15, -0.1) is 0 Å². The Labute approximate surface area is 246 Å². The second-order valence-electron chi connectivity index (χ2n) is 11.2. The minimum absolute atomic E-state index is 0.0649. The molecule has 0 spiro atoms. The van der Waals surface area contributed by atoms with Crippen LogP contribution in [-0.2, 0) is 0 Å². The first kappa shape index (κ1) is 23.9. The summed E-state index contributed by atoms with van der Waals surface area (Å²) in [5.74, 6) is -0.132. The summed E-state index contributed by atoms with van der Waals surface area (Å²) in [5.41, 5.74) is 8.24. The Balaban J connectivity index is 1.27. The Morgan fingerprint density at radius 2 is 0.977 bits per heavy atom. The van der Waals surface area contributed by atoms with Gasteiger partial charge in [0.15, 0.2) is 11.5 Å². The van der Waals surface area contributed by atoms with E-state index in [2.05, 4.69) is 97.1 Å². The highest BCUT2D eigenvalue weighted by atomic mass is 16.3. The number of benzene rings is 9. The summed E-state index contributed by atoms with van der Waals surface area (Å²) in [6.07, 6.45) is 0. The zero-order valence-electron chi connectivity index (χ0n) is 23.0. The standard InChI is InChI=1S/C40H24O3/c41-38-25-20-21-32(39(38)42)34(22-25)37-30-11-3-1-9-28(30)36(29-10-2-4-12-31(29)37)24-18-16-23(17-19-24)26-13-7-14-33-27-8-5-6-15-35(27)43-40(26)33/h1-22,41-42H. The first-order valence-electron chi connectivity index (χ1n) is 14.4. The molecule has 10 rings (SSSR count). The van der Waals surface area contributed by atoms with Crippen molar-refractivity contribution < 1.29 is 14.6 Å². The van der Waals surface area contributed by atoms with E-state index in [1.54, 1.807) is 0 Å². The molecule has 0 fully saturated rings. The lowest BCUT2D eigenvalue weighted by Gasteiger charge is -2.20. The Kier molecular flexibility index (Phi) is 4.91. The zero-order valence-corrected chi connectivity index (χ0v) is 23.0. The third-order valence-electron chi connectivity index (χ3n) is 8.86. The minimum Gasteiger partial charge on any atom is -0.504 e. The molecule has 3 nitrogen and oxygen atoms in total. The number of phenols is 4. The Morgan fingerprint density at radius 3 is 1.65 bits per heavy atom. The van der Waals surface area contributed by atoms with Crippen LogP contribution >= 0.6 is 0 Å². The summed E-state index contributed by atoms with van der Waals surface area (Å²) in [4.78, 5) is 0. The number of aromatic hydroxyl groups is 2. The van der Waals surface area contributed by atoms with Gasteiger partial charge in [0.2, 0.25) is 0 Å². The summed E-state index contributed by atoms with van der Waals surface area (Å²) in [6, 6.07) is 45.9. The molecule has 0 amide bonds. The van der Waals surface area contributed by atoms with Crippen molar-refractivity contribution in [2.75, 3.05) is 0 Å². The smallest absolute Gasteiger partial charge is 0.166 e. The van der Waals surface area contributed by atoms with Crippen LogP contribution in [0.5, 0.6) is 11.5 Å². The van der Waals surface area contributed by atoms with Crippen molar-refractivity contribution in [1.29, 1.82) is 0 Å². The molecule has 2 N–H and O–H groups in total. The number of rotatable bonds is 3. The molecule has 0 aliphatic heterocycles. The lowest BCUT2D eigenvalue weighted by atomic mass is 9.84. The fourth-order valence-corrected chi connectivity index (χ4v) is 6.89. The van der Waals surface area contributed by atoms with E-state index in [4.69, 9.17) is 4.42 Å². The largest absolute Gasteiger partial charge is 0.504 e. The summed E-state index contributed by atoms with van der Waals surface area (Å²) in [7, 11) is 0. The highest BCUT2D eigenvalue weighted by Gasteiger charge is 2.21. The Hall–Kier alpha value is -5.80. The van der Waals surface area contributed by atoms with E-state index < -0.39 is 0 Å². The molecule has 0 aliphatic carbocycles. The van der Waals surface area contributed by atoms with Crippen LogP contribution in [0.3, 0.4) is 0 Å². The maximum Gasteiger partial charge on any atom is 0.166 e. The van der Waals surface area contributed by atoms with Crippen molar-refractivity contribution in [3.63, 3.8) is 0 Å². The molecule has 1 heterocycles. The highest BCUT2D eigenvalue weighted by molar-refractivity contribution is 6.23. The summed E-state index contributed by atoms with van der Waals surface area (Å²) < 4.78 is 6.32.